The Morgan fingerprint density at radius 1 is 1.11 bits per heavy atom. The van der Waals surface area contributed by atoms with Crippen molar-refractivity contribution in [1.82, 2.24) is 0 Å². The van der Waals surface area contributed by atoms with E-state index in [9.17, 15) is 9.59 Å². The van der Waals surface area contributed by atoms with Gasteiger partial charge in [0.15, 0.2) is 0 Å². The van der Waals surface area contributed by atoms with Crippen molar-refractivity contribution in [1.29, 1.82) is 0 Å². The molecule has 0 unspecified atom stereocenters. The molecule has 0 spiro atoms. The van der Waals surface area contributed by atoms with E-state index in [1.165, 1.54) is 6.42 Å². The Labute approximate surface area is 168 Å². The van der Waals surface area contributed by atoms with Gasteiger partial charge in [0.05, 0.1) is 11.1 Å². The summed E-state index contributed by atoms with van der Waals surface area (Å²) in [6.07, 6.45) is 3.98. The number of fused-ring (bicyclic) bond motifs is 1. The quantitative estimate of drug-likeness (QED) is 0.411. The number of hydrogen-bond acceptors (Lipinski definition) is 4. The fourth-order valence-corrected chi connectivity index (χ4v) is 4.03. The Morgan fingerprint density at radius 2 is 1.93 bits per heavy atom. The topological polar surface area (TPSA) is 56.5 Å². The molecular weight excluding hydrogens is 376 g/mol. The number of benzene rings is 2. The molecule has 4 rings (SSSR count). The molecule has 0 aliphatic heterocycles. The minimum atomic E-state index is -0.493. The van der Waals surface area contributed by atoms with E-state index in [-0.39, 0.29) is 12.1 Å². The molecule has 1 aromatic heterocycles. The highest BCUT2D eigenvalue weighted by molar-refractivity contribution is 6.33. The van der Waals surface area contributed by atoms with Gasteiger partial charge in [0.1, 0.15) is 11.7 Å². The Bertz CT molecular complexity index is 1090. The molecule has 2 atom stereocenters. The van der Waals surface area contributed by atoms with Crippen LogP contribution in [0, 0.1) is 5.92 Å². The van der Waals surface area contributed by atoms with Gasteiger partial charge in [0, 0.05) is 16.0 Å². The maximum atomic E-state index is 12.6. The molecule has 0 amide bonds. The summed E-state index contributed by atoms with van der Waals surface area (Å²) >= 11 is 6.34. The number of para-hydroxylation sites is 1. The Balaban J connectivity index is 1.67. The third-order valence-electron chi connectivity index (χ3n) is 5.30. The number of hydrogen-bond donors (Lipinski definition) is 0. The summed E-state index contributed by atoms with van der Waals surface area (Å²) < 4.78 is 11.1. The van der Waals surface area contributed by atoms with Gasteiger partial charge in [-0.3, -0.25) is 0 Å². The molecule has 4 nitrogen and oxygen atoms in total. The second-order valence-corrected chi connectivity index (χ2v) is 7.89. The van der Waals surface area contributed by atoms with Crippen molar-refractivity contribution in [2.75, 3.05) is 0 Å². The van der Waals surface area contributed by atoms with Crippen molar-refractivity contribution in [2.45, 2.75) is 38.7 Å². The number of carbonyl (C=O) groups excluding carboxylic acids is 1. The Morgan fingerprint density at radius 3 is 2.75 bits per heavy atom. The van der Waals surface area contributed by atoms with Gasteiger partial charge in [-0.1, -0.05) is 43.1 Å². The highest BCUT2D eigenvalue weighted by atomic mass is 35.5. The largest absolute Gasteiger partial charge is 0.459 e. The van der Waals surface area contributed by atoms with E-state index in [1.807, 2.05) is 12.1 Å². The van der Waals surface area contributed by atoms with Crippen molar-refractivity contribution < 1.29 is 13.9 Å². The third kappa shape index (κ3) is 3.83. The van der Waals surface area contributed by atoms with Crippen LogP contribution in [0.4, 0.5) is 0 Å². The molecule has 5 heteroatoms. The van der Waals surface area contributed by atoms with Crippen LogP contribution in [0.5, 0.6) is 0 Å². The predicted octanol–water partition coefficient (Wildman–Crippen LogP) is 5.85. The van der Waals surface area contributed by atoms with Crippen LogP contribution < -0.4 is 5.63 Å². The molecule has 3 aromatic rings. The first-order chi connectivity index (χ1) is 13.5. The standard InChI is InChI=1S/C23H21ClO4/c1-14-5-4-7-17(11-14)27-22(25)16-9-10-20(24)18(13-16)19-12-15-6-2-3-8-21(15)28-23(19)26/h2-3,6,8-10,12-14,17H,4-5,7,11H2,1H3/t14-,17+/m1/s1. The van der Waals surface area contributed by atoms with E-state index in [4.69, 9.17) is 20.8 Å². The molecule has 0 bridgehead atoms. The van der Waals surface area contributed by atoms with E-state index in [2.05, 4.69) is 6.92 Å². The zero-order valence-corrected chi connectivity index (χ0v) is 16.4. The number of esters is 1. The third-order valence-corrected chi connectivity index (χ3v) is 5.63. The lowest BCUT2D eigenvalue weighted by Crippen LogP contribution is -2.24. The highest BCUT2D eigenvalue weighted by Crippen LogP contribution is 2.30. The molecule has 144 valence electrons. The summed E-state index contributed by atoms with van der Waals surface area (Å²) in [7, 11) is 0. The average molecular weight is 397 g/mol. The van der Waals surface area contributed by atoms with Crippen LogP contribution in [-0.2, 0) is 4.74 Å². The van der Waals surface area contributed by atoms with Gasteiger partial charge in [-0.05, 0) is 55.5 Å². The van der Waals surface area contributed by atoms with Crippen molar-refractivity contribution in [3.8, 4) is 11.1 Å². The van der Waals surface area contributed by atoms with Gasteiger partial charge >= 0.3 is 11.6 Å². The Kier molecular flexibility index (Phi) is 5.23. The van der Waals surface area contributed by atoms with Gasteiger partial charge in [-0.15, -0.1) is 0 Å². The van der Waals surface area contributed by atoms with E-state index < -0.39 is 5.63 Å². The lowest BCUT2D eigenvalue weighted by atomic mass is 9.89. The maximum Gasteiger partial charge on any atom is 0.344 e. The van der Waals surface area contributed by atoms with E-state index in [1.54, 1.807) is 36.4 Å². The molecule has 1 heterocycles. The van der Waals surface area contributed by atoms with Crippen molar-refractivity contribution in [3.05, 3.63) is 69.5 Å². The number of carbonyl (C=O) groups is 1. The van der Waals surface area contributed by atoms with Crippen molar-refractivity contribution in [2.24, 2.45) is 5.92 Å². The predicted molar refractivity (Wildman–Crippen MR) is 110 cm³/mol. The molecule has 28 heavy (non-hydrogen) atoms. The fraction of sp³-hybridized carbons (Fsp3) is 0.304. The monoisotopic (exact) mass is 396 g/mol. The summed E-state index contributed by atoms with van der Waals surface area (Å²) in [6.45, 7) is 2.18. The van der Waals surface area contributed by atoms with Crippen molar-refractivity contribution in [3.63, 3.8) is 0 Å². The molecule has 0 saturated heterocycles. The molecular formula is C23H21ClO4. The second kappa shape index (κ2) is 7.80. The van der Waals surface area contributed by atoms with Crippen molar-refractivity contribution >= 4 is 28.5 Å². The van der Waals surface area contributed by atoms with Gasteiger partial charge in [-0.2, -0.15) is 0 Å². The smallest absolute Gasteiger partial charge is 0.344 e. The maximum absolute atomic E-state index is 12.6. The van der Waals surface area contributed by atoms with Gasteiger partial charge in [-0.25, -0.2) is 9.59 Å². The molecule has 1 aliphatic carbocycles. The number of ether oxygens (including phenoxy) is 1. The molecule has 1 saturated carbocycles. The molecule has 0 radical (unpaired) electrons. The van der Waals surface area contributed by atoms with Crippen LogP contribution in [0.25, 0.3) is 22.1 Å². The minimum Gasteiger partial charge on any atom is -0.459 e. The van der Waals surface area contributed by atoms with Crippen LogP contribution in [0.3, 0.4) is 0 Å². The second-order valence-electron chi connectivity index (χ2n) is 7.48. The first-order valence-electron chi connectivity index (χ1n) is 9.55. The lowest BCUT2D eigenvalue weighted by molar-refractivity contribution is 0.0155. The average Bonchev–Trinajstić information content (AvgIpc) is 2.68. The zero-order valence-electron chi connectivity index (χ0n) is 15.6. The molecule has 0 N–H and O–H groups in total. The number of rotatable bonds is 3. The minimum absolute atomic E-state index is 0.0545. The zero-order chi connectivity index (χ0) is 19.7. The molecule has 1 aliphatic rings. The van der Waals surface area contributed by atoms with Gasteiger partial charge in [0.25, 0.3) is 0 Å². The summed E-state index contributed by atoms with van der Waals surface area (Å²) in [5.41, 5.74) is 1.18. The Hall–Kier alpha value is -2.59. The van der Waals surface area contributed by atoms with Crippen LogP contribution in [0.15, 0.2) is 57.7 Å². The summed E-state index contributed by atoms with van der Waals surface area (Å²) in [5.74, 6) is 0.178. The van der Waals surface area contributed by atoms with Crippen LogP contribution in [0.2, 0.25) is 5.02 Å². The van der Waals surface area contributed by atoms with Gasteiger partial charge < -0.3 is 9.15 Å². The normalized spacial score (nSPS) is 19.5. The first-order valence-corrected chi connectivity index (χ1v) is 9.93. The highest BCUT2D eigenvalue weighted by Gasteiger charge is 2.23. The summed E-state index contributed by atoms with van der Waals surface area (Å²) in [4.78, 5) is 25.1. The summed E-state index contributed by atoms with van der Waals surface area (Å²) in [5, 5.41) is 1.17. The SMILES string of the molecule is C[C@@H]1CCC[C@H](OC(=O)c2ccc(Cl)c(-c3cc4ccccc4oc3=O)c2)C1. The lowest BCUT2D eigenvalue weighted by Gasteiger charge is -2.26. The summed E-state index contributed by atoms with van der Waals surface area (Å²) in [6, 6.07) is 13.9. The fourth-order valence-electron chi connectivity index (χ4n) is 3.81. The van der Waals surface area contributed by atoms with E-state index in [0.29, 0.717) is 33.2 Å². The molecule has 1 fully saturated rings. The first kappa shape index (κ1) is 18.8. The van der Waals surface area contributed by atoms with E-state index in [0.717, 1.165) is 24.6 Å². The van der Waals surface area contributed by atoms with Crippen LogP contribution in [-0.4, -0.2) is 12.1 Å². The number of halogens is 1. The molecule has 2 aromatic carbocycles. The van der Waals surface area contributed by atoms with Gasteiger partial charge in [0.2, 0.25) is 0 Å². The van der Waals surface area contributed by atoms with Crippen LogP contribution >= 0.6 is 11.6 Å². The van der Waals surface area contributed by atoms with E-state index >= 15 is 0 Å². The van der Waals surface area contributed by atoms with Crippen LogP contribution in [0.1, 0.15) is 43.0 Å².